The van der Waals surface area contributed by atoms with E-state index in [1.807, 2.05) is 31.2 Å². The van der Waals surface area contributed by atoms with Crippen LogP contribution in [0.4, 0.5) is 11.4 Å². The van der Waals surface area contributed by atoms with Crippen molar-refractivity contribution in [1.29, 1.82) is 0 Å². The van der Waals surface area contributed by atoms with E-state index >= 15 is 0 Å². The molecule has 2 aromatic rings. The Kier molecular flexibility index (Phi) is 4.86. The molecule has 0 bridgehead atoms. The second-order valence-corrected chi connectivity index (χ2v) is 7.52. The van der Waals surface area contributed by atoms with Crippen molar-refractivity contribution >= 4 is 29.1 Å². The van der Waals surface area contributed by atoms with E-state index < -0.39 is 5.92 Å². The minimum absolute atomic E-state index is 0.0660. The van der Waals surface area contributed by atoms with Gasteiger partial charge in [-0.3, -0.25) is 14.4 Å². The Morgan fingerprint density at radius 2 is 1.75 bits per heavy atom. The lowest BCUT2D eigenvalue weighted by Gasteiger charge is -2.17. The quantitative estimate of drug-likeness (QED) is 0.841. The molecular formula is C22H23N3O3. The molecule has 2 aliphatic rings. The second-order valence-electron chi connectivity index (χ2n) is 7.52. The molecule has 6 heteroatoms. The van der Waals surface area contributed by atoms with Crippen LogP contribution in [0.5, 0.6) is 0 Å². The highest BCUT2D eigenvalue weighted by Crippen LogP contribution is 2.27. The maximum atomic E-state index is 12.8. The first-order valence-electron chi connectivity index (χ1n) is 9.59. The minimum atomic E-state index is -0.451. The van der Waals surface area contributed by atoms with Gasteiger partial charge < -0.3 is 15.5 Å². The van der Waals surface area contributed by atoms with Gasteiger partial charge in [-0.2, -0.15) is 0 Å². The zero-order valence-corrected chi connectivity index (χ0v) is 15.8. The minimum Gasteiger partial charge on any atom is -0.349 e. The Hall–Kier alpha value is -3.15. The van der Waals surface area contributed by atoms with Gasteiger partial charge in [-0.25, -0.2) is 0 Å². The summed E-state index contributed by atoms with van der Waals surface area (Å²) < 4.78 is 0. The summed E-state index contributed by atoms with van der Waals surface area (Å²) in [6, 6.07) is 14.9. The Bertz CT molecular complexity index is 919. The normalized spacial score (nSPS) is 18.8. The fourth-order valence-electron chi connectivity index (χ4n) is 3.37. The average Bonchev–Trinajstić information content (AvgIpc) is 3.41. The molecule has 2 N–H and O–H groups in total. The van der Waals surface area contributed by atoms with Gasteiger partial charge in [-0.15, -0.1) is 0 Å². The summed E-state index contributed by atoms with van der Waals surface area (Å²) in [4.78, 5) is 39.2. The van der Waals surface area contributed by atoms with E-state index in [-0.39, 0.29) is 30.2 Å². The zero-order chi connectivity index (χ0) is 19.7. The number of rotatable bonds is 5. The Balaban J connectivity index is 1.45. The summed E-state index contributed by atoms with van der Waals surface area (Å²) in [5.74, 6) is -0.936. The zero-order valence-electron chi connectivity index (χ0n) is 15.8. The van der Waals surface area contributed by atoms with E-state index in [0.29, 0.717) is 17.8 Å². The monoisotopic (exact) mass is 377 g/mol. The van der Waals surface area contributed by atoms with Crippen LogP contribution in [0.25, 0.3) is 0 Å². The number of hydrogen-bond donors (Lipinski definition) is 2. The average molecular weight is 377 g/mol. The van der Waals surface area contributed by atoms with Gasteiger partial charge in [-0.05, 0) is 44.0 Å². The van der Waals surface area contributed by atoms with Crippen molar-refractivity contribution in [1.82, 2.24) is 5.32 Å². The molecule has 1 atom stereocenters. The number of amides is 3. The summed E-state index contributed by atoms with van der Waals surface area (Å²) in [7, 11) is 0. The molecule has 1 saturated carbocycles. The molecule has 1 saturated heterocycles. The van der Waals surface area contributed by atoms with Crippen molar-refractivity contribution in [3.05, 3.63) is 59.7 Å². The summed E-state index contributed by atoms with van der Waals surface area (Å²) >= 11 is 0. The number of hydrogen-bond acceptors (Lipinski definition) is 3. The molecule has 1 heterocycles. The lowest BCUT2D eigenvalue weighted by atomic mass is 10.1. The summed E-state index contributed by atoms with van der Waals surface area (Å²) in [6.07, 6.45) is 2.16. The Morgan fingerprint density at radius 3 is 2.46 bits per heavy atom. The molecule has 0 radical (unpaired) electrons. The third kappa shape index (κ3) is 3.91. The van der Waals surface area contributed by atoms with Crippen LogP contribution in [0.3, 0.4) is 0 Å². The second kappa shape index (κ2) is 7.46. The SMILES string of the molecule is Cc1ccc(N2C[C@H](C(=O)Nc3ccccc3C(=O)NC3CC3)CC2=O)cc1. The molecular weight excluding hydrogens is 354 g/mol. The number of anilines is 2. The molecule has 3 amide bonds. The van der Waals surface area contributed by atoms with Crippen LogP contribution in [0.2, 0.25) is 0 Å². The Labute approximate surface area is 163 Å². The molecule has 6 nitrogen and oxygen atoms in total. The number of nitrogens with one attached hydrogen (secondary N) is 2. The molecule has 0 aromatic heterocycles. The number of benzene rings is 2. The topological polar surface area (TPSA) is 78.5 Å². The van der Waals surface area contributed by atoms with Crippen molar-refractivity contribution in [2.75, 3.05) is 16.8 Å². The number of carbonyl (C=O) groups excluding carboxylic acids is 3. The van der Waals surface area contributed by atoms with E-state index in [0.717, 1.165) is 24.1 Å². The van der Waals surface area contributed by atoms with Crippen LogP contribution in [0.15, 0.2) is 48.5 Å². The van der Waals surface area contributed by atoms with Crippen LogP contribution >= 0.6 is 0 Å². The first-order valence-corrected chi connectivity index (χ1v) is 9.59. The highest BCUT2D eigenvalue weighted by molar-refractivity contribution is 6.07. The van der Waals surface area contributed by atoms with Gasteiger partial charge >= 0.3 is 0 Å². The molecule has 0 spiro atoms. The summed E-state index contributed by atoms with van der Waals surface area (Å²) in [5.41, 5.74) is 2.84. The standard InChI is InChI=1S/C22H23N3O3/c1-14-6-10-17(11-7-14)25-13-15(12-20(25)26)21(27)24-19-5-3-2-4-18(19)22(28)23-16-8-9-16/h2-7,10-11,15-16H,8-9,12-13H2,1H3,(H,23,28)(H,24,27)/t15-/m1/s1. The molecule has 0 unspecified atom stereocenters. The van der Waals surface area contributed by atoms with Crippen molar-refractivity contribution in [2.24, 2.45) is 5.92 Å². The van der Waals surface area contributed by atoms with Crippen LogP contribution < -0.4 is 15.5 Å². The predicted molar refractivity (Wildman–Crippen MR) is 107 cm³/mol. The van der Waals surface area contributed by atoms with E-state index in [1.54, 1.807) is 29.2 Å². The number of nitrogens with zero attached hydrogens (tertiary/aromatic N) is 1. The van der Waals surface area contributed by atoms with E-state index in [4.69, 9.17) is 0 Å². The number of carbonyl (C=O) groups is 3. The lowest BCUT2D eigenvalue weighted by Crippen LogP contribution is -2.30. The van der Waals surface area contributed by atoms with Crippen LogP contribution in [-0.2, 0) is 9.59 Å². The molecule has 1 aliphatic heterocycles. The van der Waals surface area contributed by atoms with E-state index in [1.165, 1.54) is 0 Å². The molecule has 2 aromatic carbocycles. The van der Waals surface area contributed by atoms with Crippen molar-refractivity contribution in [2.45, 2.75) is 32.2 Å². The van der Waals surface area contributed by atoms with Gasteiger partial charge in [0.15, 0.2) is 0 Å². The van der Waals surface area contributed by atoms with Gasteiger partial charge in [0.1, 0.15) is 0 Å². The lowest BCUT2D eigenvalue weighted by molar-refractivity contribution is -0.122. The molecule has 144 valence electrons. The maximum absolute atomic E-state index is 12.8. The highest BCUT2D eigenvalue weighted by atomic mass is 16.2. The fraction of sp³-hybridized carbons (Fsp3) is 0.318. The number of para-hydroxylation sites is 1. The smallest absolute Gasteiger partial charge is 0.253 e. The van der Waals surface area contributed by atoms with Gasteiger partial charge in [0, 0.05) is 24.7 Å². The molecule has 28 heavy (non-hydrogen) atoms. The van der Waals surface area contributed by atoms with Crippen LogP contribution in [0.1, 0.15) is 35.2 Å². The fourth-order valence-corrected chi connectivity index (χ4v) is 3.37. The van der Waals surface area contributed by atoms with Gasteiger partial charge in [-0.1, -0.05) is 29.8 Å². The third-order valence-corrected chi connectivity index (χ3v) is 5.18. The van der Waals surface area contributed by atoms with Gasteiger partial charge in [0.25, 0.3) is 5.91 Å². The molecule has 4 rings (SSSR count). The third-order valence-electron chi connectivity index (χ3n) is 5.18. The van der Waals surface area contributed by atoms with E-state index in [2.05, 4.69) is 10.6 Å². The molecule has 1 aliphatic carbocycles. The largest absolute Gasteiger partial charge is 0.349 e. The summed E-state index contributed by atoms with van der Waals surface area (Å²) in [6.45, 7) is 2.33. The van der Waals surface area contributed by atoms with Crippen LogP contribution in [-0.4, -0.2) is 30.3 Å². The van der Waals surface area contributed by atoms with Gasteiger partial charge in [0.2, 0.25) is 11.8 Å². The van der Waals surface area contributed by atoms with Crippen molar-refractivity contribution in [3.8, 4) is 0 Å². The number of aryl methyl sites for hydroxylation is 1. The van der Waals surface area contributed by atoms with E-state index in [9.17, 15) is 14.4 Å². The maximum Gasteiger partial charge on any atom is 0.253 e. The van der Waals surface area contributed by atoms with Crippen LogP contribution in [0, 0.1) is 12.8 Å². The predicted octanol–water partition coefficient (Wildman–Crippen LogP) is 2.88. The van der Waals surface area contributed by atoms with Crippen molar-refractivity contribution < 1.29 is 14.4 Å². The first kappa shape index (κ1) is 18.2. The van der Waals surface area contributed by atoms with Crippen molar-refractivity contribution in [3.63, 3.8) is 0 Å². The van der Waals surface area contributed by atoms with Gasteiger partial charge in [0.05, 0.1) is 17.2 Å². The first-order chi connectivity index (χ1) is 13.5. The Morgan fingerprint density at radius 1 is 1.04 bits per heavy atom. The summed E-state index contributed by atoms with van der Waals surface area (Å²) in [5, 5.41) is 5.79. The molecule has 2 fully saturated rings. The highest BCUT2D eigenvalue weighted by Gasteiger charge is 2.35.